The summed E-state index contributed by atoms with van der Waals surface area (Å²) < 4.78 is 10.6. The number of nitrogens with zero attached hydrogens (tertiary/aromatic N) is 2. The number of carbonyl (C=O) groups is 1. The molecule has 2 aliphatic heterocycles. The van der Waals surface area contributed by atoms with E-state index >= 15 is 0 Å². The molecule has 0 aromatic heterocycles. The fraction of sp³-hybridized carbons (Fsp3) is 0.111. The Morgan fingerprint density at radius 1 is 1.16 bits per heavy atom. The first kappa shape index (κ1) is 15.1. The normalized spacial score (nSPS) is 16.8. The lowest BCUT2D eigenvalue weighted by Crippen LogP contribution is -2.37. The Bertz CT molecular complexity index is 903. The van der Waals surface area contributed by atoms with Gasteiger partial charge in [0.25, 0.3) is 5.91 Å². The number of aliphatic imine (C=N–C) groups is 1. The monoisotopic (exact) mass is 336 g/mol. The van der Waals surface area contributed by atoms with Gasteiger partial charge in [0.2, 0.25) is 12.8 Å². The summed E-state index contributed by atoms with van der Waals surface area (Å²) in [6.07, 6.45) is 1.71. The number of amides is 1. The van der Waals surface area contributed by atoms with Gasteiger partial charge in [0.15, 0.2) is 11.5 Å². The highest BCUT2D eigenvalue weighted by Gasteiger charge is 2.23. The molecule has 0 saturated heterocycles. The van der Waals surface area contributed by atoms with Crippen LogP contribution in [0, 0.1) is 0 Å². The van der Waals surface area contributed by atoms with Gasteiger partial charge in [-0.05, 0) is 48.0 Å². The maximum Gasteiger partial charge on any atom is 0.276 e. The molecule has 126 valence electrons. The van der Waals surface area contributed by atoms with Crippen LogP contribution in [0.1, 0.15) is 5.56 Å². The third-order valence-electron chi connectivity index (χ3n) is 3.98. The molecule has 25 heavy (non-hydrogen) atoms. The number of fused-ring (bicyclic) bond motifs is 1. The van der Waals surface area contributed by atoms with E-state index in [9.17, 15) is 4.79 Å². The Hall–Kier alpha value is -3.48. The standard InChI is InChI=1S/C18H16N4O3/c1-22(13-5-3-12(19)4-6-13)18-20-14(17(23)21-18)8-11-2-7-15-16(9-11)25-10-24-15/h2-9H,10,19H2,1H3,(H,20,21,23)/b14-8-. The molecule has 0 aliphatic carbocycles. The molecule has 2 aromatic carbocycles. The fourth-order valence-corrected chi connectivity index (χ4v) is 2.60. The molecular formula is C18H16N4O3. The van der Waals surface area contributed by atoms with E-state index in [0.717, 1.165) is 11.3 Å². The molecule has 0 saturated carbocycles. The Morgan fingerprint density at radius 3 is 2.72 bits per heavy atom. The molecule has 0 radical (unpaired) electrons. The van der Waals surface area contributed by atoms with E-state index in [4.69, 9.17) is 15.2 Å². The van der Waals surface area contributed by atoms with Gasteiger partial charge in [-0.15, -0.1) is 0 Å². The van der Waals surface area contributed by atoms with Crippen molar-refractivity contribution in [2.45, 2.75) is 0 Å². The summed E-state index contributed by atoms with van der Waals surface area (Å²) in [6.45, 7) is 0.213. The molecule has 7 heteroatoms. The van der Waals surface area contributed by atoms with Gasteiger partial charge in [-0.3, -0.25) is 10.1 Å². The number of nitrogen functional groups attached to an aromatic ring is 1. The minimum atomic E-state index is -0.255. The lowest BCUT2D eigenvalue weighted by molar-refractivity contribution is -0.115. The molecule has 3 N–H and O–H groups in total. The van der Waals surface area contributed by atoms with Gasteiger partial charge in [-0.25, -0.2) is 4.99 Å². The van der Waals surface area contributed by atoms with Crippen molar-refractivity contribution < 1.29 is 14.3 Å². The van der Waals surface area contributed by atoms with Crippen LogP contribution in [-0.2, 0) is 4.79 Å². The van der Waals surface area contributed by atoms with E-state index in [2.05, 4.69) is 10.3 Å². The van der Waals surface area contributed by atoms with Crippen LogP contribution in [0.3, 0.4) is 0 Å². The maximum atomic E-state index is 12.2. The Balaban J connectivity index is 1.60. The van der Waals surface area contributed by atoms with Crippen LogP contribution in [0.25, 0.3) is 6.08 Å². The predicted molar refractivity (Wildman–Crippen MR) is 95.4 cm³/mol. The maximum absolute atomic E-state index is 12.2. The van der Waals surface area contributed by atoms with Gasteiger partial charge >= 0.3 is 0 Å². The number of nitrogens with one attached hydrogen (secondary N) is 1. The Morgan fingerprint density at radius 2 is 1.92 bits per heavy atom. The van der Waals surface area contributed by atoms with Crippen molar-refractivity contribution in [1.29, 1.82) is 0 Å². The molecule has 2 aromatic rings. The molecule has 0 fully saturated rings. The van der Waals surface area contributed by atoms with Gasteiger partial charge in [-0.2, -0.15) is 0 Å². The molecule has 7 nitrogen and oxygen atoms in total. The zero-order chi connectivity index (χ0) is 17.4. The first-order valence-electron chi connectivity index (χ1n) is 7.71. The molecule has 0 unspecified atom stereocenters. The minimum Gasteiger partial charge on any atom is -0.454 e. The van der Waals surface area contributed by atoms with Crippen LogP contribution in [0.2, 0.25) is 0 Å². The first-order valence-corrected chi connectivity index (χ1v) is 7.71. The van der Waals surface area contributed by atoms with Gasteiger partial charge < -0.3 is 20.1 Å². The number of hydrogen-bond donors (Lipinski definition) is 2. The van der Waals surface area contributed by atoms with Gasteiger partial charge in [0, 0.05) is 18.4 Å². The van der Waals surface area contributed by atoms with Crippen molar-refractivity contribution in [3.05, 3.63) is 53.7 Å². The Kier molecular flexibility index (Phi) is 3.53. The van der Waals surface area contributed by atoms with Crippen molar-refractivity contribution in [2.24, 2.45) is 4.99 Å². The summed E-state index contributed by atoms with van der Waals surface area (Å²) >= 11 is 0. The van der Waals surface area contributed by atoms with Crippen molar-refractivity contribution in [1.82, 2.24) is 5.32 Å². The summed E-state index contributed by atoms with van der Waals surface area (Å²) in [5.74, 6) is 1.57. The molecule has 0 spiro atoms. The summed E-state index contributed by atoms with van der Waals surface area (Å²) in [5, 5.41) is 2.77. The average molecular weight is 336 g/mol. The summed E-state index contributed by atoms with van der Waals surface area (Å²) in [4.78, 5) is 18.4. The average Bonchev–Trinajstić information content (AvgIpc) is 3.21. The van der Waals surface area contributed by atoms with E-state index in [1.165, 1.54) is 0 Å². The molecule has 2 aliphatic rings. The first-order chi connectivity index (χ1) is 12.1. The smallest absolute Gasteiger partial charge is 0.276 e. The third kappa shape index (κ3) is 2.87. The van der Waals surface area contributed by atoms with E-state index < -0.39 is 0 Å². The number of ether oxygens (including phenoxy) is 2. The van der Waals surface area contributed by atoms with Gasteiger partial charge in [-0.1, -0.05) is 6.07 Å². The lowest BCUT2D eigenvalue weighted by Gasteiger charge is -2.18. The van der Waals surface area contributed by atoms with Crippen molar-refractivity contribution in [3.8, 4) is 11.5 Å². The van der Waals surface area contributed by atoms with Crippen LogP contribution in [0.4, 0.5) is 11.4 Å². The van der Waals surface area contributed by atoms with Gasteiger partial charge in [0.05, 0.1) is 0 Å². The number of anilines is 2. The zero-order valence-electron chi connectivity index (χ0n) is 13.5. The van der Waals surface area contributed by atoms with Crippen molar-refractivity contribution in [3.63, 3.8) is 0 Å². The van der Waals surface area contributed by atoms with Crippen LogP contribution in [-0.4, -0.2) is 25.7 Å². The van der Waals surface area contributed by atoms with Crippen LogP contribution >= 0.6 is 0 Å². The zero-order valence-corrected chi connectivity index (χ0v) is 13.5. The quantitative estimate of drug-likeness (QED) is 0.646. The predicted octanol–water partition coefficient (Wildman–Crippen LogP) is 1.96. The highest BCUT2D eigenvalue weighted by Crippen LogP contribution is 2.33. The summed E-state index contributed by atoms with van der Waals surface area (Å²) in [7, 11) is 1.83. The lowest BCUT2D eigenvalue weighted by atomic mass is 10.1. The SMILES string of the molecule is CN(C1=N/C(=C\c2ccc3c(c2)OCO3)C(=O)N1)c1ccc(N)cc1. The molecule has 0 atom stereocenters. The summed E-state index contributed by atoms with van der Waals surface area (Å²) in [5.41, 5.74) is 8.40. The topological polar surface area (TPSA) is 89.2 Å². The van der Waals surface area contributed by atoms with Crippen LogP contribution in [0.15, 0.2) is 53.2 Å². The second kappa shape index (κ2) is 5.86. The van der Waals surface area contributed by atoms with E-state index in [1.807, 2.05) is 37.4 Å². The molecule has 0 bridgehead atoms. The van der Waals surface area contributed by atoms with Crippen LogP contribution in [0.5, 0.6) is 11.5 Å². The third-order valence-corrected chi connectivity index (χ3v) is 3.98. The van der Waals surface area contributed by atoms with E-state index in [1.54, 1.807) is 23.1 Å². The second-order valence-corrected chi connectivity index (χ2v) is 5.68. The molecular weight excluding hydrogens is 320 g/mol. The van der Waals surface area contributed by atoms with Gasteiger partial charge in [0.1, 0.15) is 5.70 Å². The number of benzene rings is 2. The number of hydrogen-bond acceptors (Lipinski definition) is 6. The number of guanidine groups is 1. The summed E-state index contributed by atoms with van der Waals surface area (Å²) in [6, 6.07) is 12.8. The number of carbonyl (C=O) groups excluding carboxylic acids is 1. The largest absolute Gasteiger partial charge is 0.454 e. The van der Waals surface area contributed by atoms with E-state index in [-0.39, 0.29) is 12.7 Å². The molecule has 4 rings (SSSR count). The number of nitrogens with two attached hydrogens (primary N) is 1. The highest BCUT2D eigenvalue weighted by molar-refractivity contribution is 6.18. The highest BCUT2D eigenvalue weighted by atomic mass is 16.7. The number of rotatable bonds is 2. The van der Waals surface area contributed by atoms with Crippen molar-refractivity contribution in [2.75, 3.05) is 24.5 Å². The van der Waals surface area contributed by atoms with Crippen molar-refractivity contribution >= 4 is 29.3 Å². The fourth-order valence-electron chi connectivity index (χ4n) is 2.60. The molecule has 2 heterocycles. The minimum absolute atomic E-state index is 0.213. The Labute approximate surface area is 144 Å². The van der Waals surface area contributed by atoms with E-state index in [0.29, 0.717) is 28.8 Å². The molecule has 1 amide bonds. The second-order valence-electron chi connectivity index (χ2n) is 5.68. The van der Waals surface area contributed by atoms with Crippen LogP contribution < -0.4 is 25.4 Å².